The maximum Gasteiger partial charge on any atom is 0.0630 e. The predicted molar refractivity (Wildman–Crippen MR) is 43.9 cm³/mol. The molecule has 0 spiro atoms. The van der Waals surface area contributed by atoms with Gasteiger partial charge in [0.25, 0.3) is 0 Å². The van der Waals surface area contributed by atoms with E-state index in [1.54, 1.807) is 11.8 Å². The molecule has 1 nitrogen and oxygen atoms in total. The van der Waals surface area contributed by atoms with E-state index in [2.05, 4.69) is 6.92 Å². The quantitative estimate of drug-likeness (QED) is 0.657. The lowest BCUT2D eigenvalue weighted by Crippen LogP contribution is -2.18. The number of aliphatic hydroxyl groups is 1. The number of hydrogen-bond donors (Lipinski definition) is 1. The summed E-state index contributed by atoms with van der Waals surface area (Å²) in [6, 6.07) is 0. The number of aliphatic hydroxyl groups excluding tert-OH is 1. The highest BCUT2D eigenvalue weighted by Gasteiger charge is 2.10. The summed E-state index contributed by atoms with van der Waals surface area (Å²) in [5.41, 5.74) is 0. The van der Waals surface area contributed by atoms with Gasteiger partial charge in [-0.15, -0.1) is 0 Å². The van der Waals surface area contributed by atoms with Crippen molar-refractivity contribution in [3.8, 4) is 0 Å². The molecule has 56 valence electrons. The fourth-order valence-corrected chi connectivity index (χ4v) is 1.71. The van der Waals surface area contributed by atoms with Crippen LogP contribution in [0.1, 0.15) is 26.7 Å². The maximum atomic E-state index is 9.12. The SMILES string of the molecule is CCCC(SC)C(C)O. The van der Waals surface area contributed by atoms with Crippen molar-refractivity contribution in [3.63, 3.8) is 0 Å². The maximum absolute atomic E-state index is 9.12. The minimum Gasteiger partial charge on any atom is -0.392 e. The average molecular weight is 148 g/mol. The first-order chi connectivity index (χ1) is 4.22. The zero-order valence-corrected chi connectivity index (χ0v) is 7.24. The third-order valence-corrected chi connectivity index (χ3v) is 2.65. The Morgan fingerprint density at radius 2 is 2.11 bits per heavy atom. The molecule has 2 atom stereocenters. The Morgan fingerprint density at radius 1 is 1.56 bits per heavy atom. The van der Waals surface area contributed by atoms with Gasteiger partial charge in [0.15, 0.2) is 0 Å². The summed E-state index contributed by atoms with van der Waals surface area (Å²) in [6.07, 6.45) is 4.18. The average Bonchev–Trinajstić information content (AvgIpc) is 1.82. The second-order valence-corrected chi connectivity index (χ2v) is 3.38. The second-order valence-electron chi connectivity index (χ2n) is 2.30. The largest absolute Gasteiger partial charge is 0.392 e. The van der Waals surface area contributed by atoms with E-state index in [1.165, 1.54) is 0 Å². The monoisotopic (exact) mass is 148 g/mol. The van der Waals surface area contributed by atoms with Crippen molar-refractivity contribution < 1.29 is 5.11 Å². The minimum atomic E-state index is -0.153. The van der Waals surface area contributed by atoms with Crippen LogP contribution in [-0.2, 0) is 0 Å². The van der Waals surface area contributed by atoms with Crippen molar-refractivity contribution in [2.75, 3.05) is 6.26 Å². The highest BCUT2D eigenvalue weighted by atomic mass is 32.2. The molecule has 9 heavy (non-hydrogen) atoms. The first-order valence-corrected chi connectivity index (χ1v) is 4.72. The molecule has 0 aromatic rings. The van der Waals surface area contributed by atoms with Crippen LogP contribution in [0.4, 0.5) is 0 Å². The van der Waals surface area contributed by atoms with Gasteiger partial charge >= 0.3 is 0 Å². The molecule has 0 bridgehead atoms. The summed E-state index contributed by atoms with van der Waals surface area (Å²) in [6.45, 7) is 4.00. The molecule has 0 aromatic heterocycles. The Morgan fingerprint density at radius 3 is 2.22 bits per heavy atom. The Hall–Kier alpha value is 0.310. The first-order valence-electron chi connectivity index (χ1n) is 3.43. The molecular formula is C7H16OS. The van der Waals surface area contributed by atoms with Gasteiger partial charge in [-0.3, -0.25) is 0 Å². The summed E-state index contributed by atoms with van der Waals surface area (Å²) in [4.78, 5) is 0. The van der Waals surface area contributed by atoms with Crippen LogP contribution in [-0.4, -0.2) is 22.7 Å². The summed E-state index contributed by atoms with van der Waals surface area (Å²) in [5.74, 6) is 0. The third-order valence-electron chi connectivity index (χ3n) is 1.41. The van der Waals surface area contributed by atoms with Crippen molar-refractivity contribution in [3.05, 3.63) is 0 Å². The van der Waals surface area contributed by atoms with Crippen LogP contribution in [0.2, 0.25) is 0 Å². The summed E-state index contributed by atoms with van der Waals surface area (Å²) < 4.78 is 0. The van der Waals surface area contributed by atoms with Gasteiger partial charge < -0.3 is 5.11 Å². The van der Waals surface area contributed by atoms with Crippen LogP contribution in [0, 0.1) is 0 Å². The molecule has 0 fully saturated rings. The molecule has 2 unspecified atom stereocenters. The van der Waals surface area contributed by atoms with Crippen molar-refractivity contribution in [2.24, 2.45) is 0 Å². The lowest BCUT2D eigenvalue weighted by atomic mass is 10.2. The Bertz CT molecular complexity index is 63.9. The molecular weight excluding hydrogens is 132 g/mol. The van der Waals surface area contributed by atoms with Gasteiger partial charge in [0.1, 0.15) is 0 Å². The molecule has 0 amide bonds. The Kier molecular flexibility index (Phi) is 5.30. The van der Waals surface area contributed by atoms with Gasteiger partial charge in [-0.1, -0.05) is 13.3 Å². The van der Waals surface area contributed by atoms with Crippen LogP contribution in [0.25, 0.3) is 0 Å². The van der Waals surface area contributed by atoms with E-state index in [1.807, 2.05) is 13.2 Å². The summed E-state index contributed by atoms with van der Waals surface area (Å²) in [7, 11) is 0. The molecule has 0 aliphatic heterocycles. The normalized spacial score (nSPS) is 17.3. The standard InChI is InChI=1S/C7H16OS/c1-4-5-7(9-3)6(2)8/h6-8H,4-5H2,1-3H3. The van der Waals surface area contributed by atoms with Gasteiger partial charge in [-0.2, -0.15) is 11.8 Å². The summed E-state index contributed by atoms with van der Waals surface area (Å²) in [5, 5.41) is 9.56. The molecule has 0 radical (unpaired) electrons. The van der Waals surface area contributed by atoms with E-state index in [-0.39, 0.29) is 6.10 Å². The minimum absolute atomic E-state index is 0.153. The molecule has 0 rings (SSSR count). The van der Waals surface area contributed by atoms with Gasteiger partial charge in [0, 0.05) is 5.25 Å². The third kappa shape index (κ3) is 3.82. The fourth-order valence-electron chi connectivity index (χ4n) is 0.841. The van der Waals surface area contributed by atoms with Gasteiger partial charge in [0.05, 0.1) is 6.10 Å². The van der Waals surface area contributed by atoms with Crippen LogP contribution < -0.4 is 0 Å². The van der Waals surface area contributed by atoms with Gasteiger partial charge in [-0.05, 0) is 19.6 Å². The lowest BCUT2D eigenvalue weighted by molar-refractivity contribution is 0.187. The first kappa shape index (κ1) is 9.31. The van der Waals surface area contributed by atoms with E-state index in [0.29, 0.717) is 5.25 Å². The zero-order valence-electron chi connectivity index (χ0n) is 6.42. The predicted octanol–water partition coefficient (Wildman–Crippen LogP) is 1.90. The van der Waals surface area contributed by atoms with Gasteiger partial charge in [-0.25, -0.2) is 0 Å². The smallest absolute Gasteiger partial charge is 0.0630 e. The molecule has 0 aromatic carbocycles. The van der Waals surface area contributed by atoms with Crippen LogP contribution in [0.3, 0.4) is 0 Å². The number of rotatable bonds is 4. The molecule has 1 N–H and O–H groups in total. The molecule has 0 saturated heterocycles. The molecule has 0 aliphatic carbocycles. The number of hydrogen-bond acceptors (Lipinski definition) is 2. The van der Waals surface area contributed by atoms with Crippen molar-refractivity contribution in [1.82, 2.24) is 0 Å². The molecule has 0 heterocycles. The van der Waals surface area contributed by atoms with Crippen molar-refractivity contribution in [1.29, 1.82) is 0 Å². The van der Waals surface area contributed by atoms with Crippen LogP contribution in [0.5, 0.6) is 0 Å². The Balaban J connectivity index is 3.41. The van der Waals surface area contributed by atoms with E-state index in [0.717, 1.165) is 12.8 Å². The second kappa shape index (κ2) is 5.12. The highest BCUT2D eigenvalue weighted by molar-refractivity contribution is 7.99. The molecule has 0 saturated carbocycles. The van der Waals surface area contributed by atoms with E-state index in [9.17, 15) is 0 Å². The molecule has 2 heteroatoms. The molecule has 0 aliphatic rings. The van der Waals surface area contributed by atoms with E-state index < -0.39 is 0 Å². The van der Waals surface area contributed by atoms with Crippen LogP contribution in [0.15, 0.2) is 0 Å². The van der Waals surface area contributed by atoms with Crippen molar-refractivity contribution in [2.45, 2.75) is 38.0 Å². The Labute approximate surface area is 61.8 Å². The van der Waals surface area contributed by atoms with E-state index >= 15 is 0 Å². The van der Waals surface area contributed by atoms with Crippen molar-refractivity contribution >= 4 is 11.8 Å². The topological polar surface area (TPSA) is 20.2 Å². The van der Waals surface area contributed by atoms with E-state index in [4.69, 9.17) is 5.11 Å². The summed E-state index contributed by atoms with van der Waals surface area (Å²) >= 11 is 1.75. The zero-order chi connectivity index (χ0) is 7.28. The fraction of sp³-hybridized carbons (Fsp3) is 1.00. The highest BCUT2D eigenvalue weighted by Crippen LogP contribution is 2.16. The van der Waals surface area contributed by atoms with Gasteiger partial charge in [0.2, 0.25) is 0 Å². The lowest BCUT2D eigenvalue weighted by Gasteiger charge is -2.15. The number of thioether (sulfide) groups is 1. The van der Waals surface area contributed by atoms with Crippen LogP contribution >= 0.6 is 11.8 Å².